The SMILES string of the molecule is CCCC1(C(=O)NCC2CC3CCC(C2)N3C)CCCN1. The van der Waals surface area contributed by atoms with E-state index in [0.717, 1.165) is 50.9 Å². The number of carbonyl (C=O) groups is 1. The molecule has 3 aliphatic rings. The third-order valence-corrected chi connectivity index (χ3v) is 6.10. The van der Waals surface area contributed by atoms with Crippen LogP contribution >= 0.6 is 0 Å². The van der Waals surface area contributed by atoms with Crippen LogP contribution in [0, 0.1) is 5.92 Å². The molecule has 3 aliphatic heterocycles. The molecule has 4 nitrogen and oxygen atoms in total. The van der Waals surface area contributed by atoms with Gasteiger partial charge in [0.15, 0.2) is 0 Å². The maximum absolute atomic E-state index is 12.7. The maximum Gasteiger partial charge on any atom is 0.240 e. The average Bonchev–Trinajstić information content (AvgIpc) is 3.00. The van der Waals surface area contributed by atoms with Gasteiger partial charge in [-0.15, -0.1) is 0 Å². The largest absolute Gasteiger partial charge is 0.354 e. The molecule has 2 bridgehead atoms. The quantitative estimate of drug-likeness (QED) is 0.814. The highest BCUT2D eigenvalue weighted by atomic mass is 16.2. The molecule has 0 spiro atoms. The van der Waals surface area contributed by atoms with Gasteiger partial charge in [0.05, 0.1) is 5.54 Å². The van der Waals surface area contributed by atoms with Gasteiger partial charge in [0.2, 0.25) is 5.91 Å². The van der Waals surface area contributed by atoms with Crippen molar-refractivity contribution in [2.24, 2.45) is 5.92 Å². The zero-order valence-corrected chi connectivity index (χ0v) is 13.7. The lowest BCUT2D eigenvalue weighted by atomic mass is 9.88. The van der Waals surface area contributed by atoms with Crippen LogP contribution in [0.2, 0.25) is 0 Å². The Kier molecular flexibility index (Phi) is 4.55. The number of amides is 1. The van der Waals surface area contributed by atoms with E-state index in [1.165, 1.54) is 25.7 Å². The summed E-state index contributed by atoms with van der Waals surface area (Å²) in [5.74, 6) is 0.941. The molecule has 3 unspecified atom stereocenters. The molecule has 120 valence electrons. The molecule has 0 aromatic heterocycles. The number of carbonyl (C=O) groups excluding carboxylic acids is 1. The first-order valence-electron chi connectivity index (χ1n) is 8.90. The molecule has 0 aliphatic carbocycles. The smallest absolute Gasteiger partial charge is 0.240 e. The number of hydrogen-bond acceptors (Lipinski definition) is 3. The fourth-order valence-electron chi connectivity index (χ4n) is 4.85. The summed E-state index contributed by atoms with van der Waals surface area (Å²) < 4.78 is 0. The van der Waals surface area contributed by atoms with E-state index in [4.69, 9.17) is 0 Å². The fourth-order valence-corrected chi connectivity index (χ4v) is 4.85. The molecule has 3 rings (SSSR count). The van der Waals surface area contributed by atoms with Crippen molar-refractivity contribution >= 4 is 5.91 Å². The van der Waals surface area contributed by atoms with Gasteiger partial charge in [-0.3, -0.25) is 4.79 Å². The maximum atomic E-state index is 12.7. The van der Waals surface area contributed by atoms with Crippen molar-refractivity contribution in [2.75, 3.05) is 20.1 Å². The average molecular weight is 293 g/mol. The van der Waals surface area contributed by atoms with Crippen molar-refractivity contribution in [3.8, 4) is 0 Å². The van der Waals surface area contributed by atoms with E-state index in [-0.39, 0.29) is 11.4 Å². The molecule has 3 fully saturated rings. The number of fused-ring (bicyclic) bond motifs is 2. The van der Waals surface area contributed by atoms with Gasteiger partial charge in [-0.2, -0.15) is 0 Å². The van der Waals surface area contributed by atoms with Gasteiger partial charge in [0.25, 0.3) is 0 Å². The molecular formula is C17H31N3O. The second-order valence-electron chi connectivity index (χ2n) is 7.46. The van der Waals surface area contributed by atoms with Crippen LogP contribution in [0.3, 0.4) is 0 Å². The molecule has 4 heteroatoms. The first-order valence-corrected chi connectivity index (χ1v) is 8.90. The minimum absolute atomic E-state index is 0.258. The number of hydrogen-bond donors (Lipinski definition) is 2. The second-order valence-corrected chi connectivity index (χ2v) is 7.46. The Balaban J connectivity index is 1.52. The normalized spacial score (nSPS) is 39.6. The molecule has 3 saturated heterocycles. The molecule has 0 aromatic carbocycles. The summed E-state index contributed by atoms with van der Waals surface area (Å²) in [6.07, 6.45) is 9.41. The lowest BCUT2D eigenvalue weighted by molar-refractivity contribution is -0.127. The van der Waals surface area contributed by atoms with Crippen LogP contribution in [0.15, 0.2) is 0 Å². The Morgan fingerprint density at radius 3 is 2.62 bits per heavy atom. The summed E-state index contributed by atoms with van der Waals surface area (Å²) in [6, 6.07) is 1.53. The number of nitrogens with one attached hydrogen (secondary N) is 2. The summed E-state index contributed by atoms with van der Waals surface area (Å²) in [5, 5.41) is 6.76. The molecule has 2 N–H and O–H groups in total. The van der Waals surface area contributed by atoms with Gasteiger partial charge < -0.3 is 15.5 Å². The molecule has 0 aromatic rings. The Labute approximate surface area is 129 Å². The van der Waals surface area contributed by atoms with Gasteiger partial charge in [-0.1, -0.05) is 13.3 Å². The topological polar surface area (TPSA) is 44.4 Å². The van der Waals surface area contributed by atoms with Crippen LogP contribution in [0.5, 0.6) is 0 Å². The van der Waals surface area contributed by atoms with Crippen LogP contribution < -0.4 is 10.6 Å². The third kappa shape index (κ3) is 2.98. The Hall–Kier alpha value is -0.610. The minimum atomic E-state index is -0.265. The van der Waals surface area contributed by atoms with Crippen molar-refractivity contribution in [3.05, 3.63) is 0 Å². The Morgan fingerprint density at radius 1 is 1.33 bits per heavy atom. The van der Waals surface area contributed by atoms with Crippen LogP contribution in [-0.2, 0) is 4.79 Å². The van der Waals surface area contributed by atoms with Crippen LogP contribution in [0.1, 0.15) is 58.3 Å². The van der Waals surface area contributed by atoms with E-state index >= 15 is 0 Å². The Bertz CT molecular complexity index is 364. The summed E-state index contributed by atoms with van der Waals surface area (Å²) in [7, 11) is 2.27. The lowest BCUT2D eigenvalue weighted by Crippen LogP contribution is -2.54. The van der Waals surface area contributed by atoms with Crippen molar-refractivity contribution < 1.29 is 4.79 Å². The van der Waals surface area contributed by atoms with E-state index in [0.29, 0.717) is 5.92 Å². The van der Waals surface area contributed by atoms with Gasteiger partial charge >= 0.3 is 0 Å². The van der Waals surface area contributed by atoms with Crippen LogP contribution in [-0.4, -0.2) is 48.6 Å². The summed E-state index contributed by atoms with van der Waals surface area (Å²) in [4.78, 5) is 15.2. The fraction of sp³-hybridized carbons (Fsp3) is 0.941. The predicted octanol–water partition coefficient (Wildman–Crippen LogP) is 1.90. The standard InChI is InChI=1S/C17H31N3O/c1-3-7-17(8-4-9-19-17)16(21)18-12-13-10-14-5-6-15(11-13)20(14)2/h13-15,19H,3-12H2,1-2H3,(H,18,21). The molecule has 0 radical (unpaired) electrons. The highest BCUT2D eigenvalue weighted by molar-refractivity contribution is 5.86. The highest BCUT2D eigenvalue weighted by Gasteiger charge is 2.41. The van der Waals surface area contributed by atoms with Crippen molar-refractivity contribution in [1.82, 2.24) is 15.5 Å². The second kappa shape index (κ2) is 6.25. The van der Waals surface area contributed by atoms with E-state index < -0.39 is 0 Å². The number of nitrogens with zero attached hydrogens (tertiary/aromatic N) is 1. The summed E-state index contributed by atoms with van der Waals surface area (Å²) in [6.45, 7) is 4.04. The Morgan fingerprint density at radius 2 is 2.05 bits per heavy atom. The highest BCUT2D eigenvalue weighted by Crippen LogP contribution is 2.37. The van der Waals surface area contributed by atoms with Crippen molar-refractivity contribution in [3.63, 3.8) is 0 Å². The van der Waals surface area contributed by atoms with E-state index in [9.17, 15) is 4.79 Å². The number of rotatable bonds is 5. The molecule has 0 saturated carbocycles. The first-order chi connectivity index (χ1) is 10.1. The lowest BCUT2D eigenvalue weighted by Gasteiger charge is -2.37. The zero-order valence-electron chi connectivity index (χ0n) is 13.7. The van der Waals surface area contributed by atoms with E-state index in [1.54, 1.807) is 0 Å². The van der Waals surface area contributed by atoms with Crippen molar-refractivity contribution in [2.45, 2.75) is 75.9 Å². The van der Waals surface area contributed by atoms with Gasteiger partial charge in [0, 0.05) is 18.6 Å². The monoisotopic (exact) mass is 293 g/mol. The first kappa shape index (κ1) is 15.3. The van der Waals surface area contributed by atoms with Crippen LogP contribution in [0.4, 0.5) is 0 Å². The van der Waals surface area contributed by atoms with E-state index in [2.05, 4.69) is 29.5 Å². The molecular weight excluding hydrogens is 262 g/mol. The van der Waals surface area contributed by atoms with E-state index in [1.807, 2.05) is 0 Å². The zero-order chi connectivity index (χ0) is 14.9. The third-order valence-electron chi connectivity index (χ3n) is 6.10. The van der Waals surface area contributed by atoms with Gasteiger partial charge in [-0.05, 0) is 64.5 Å². The number of piperidine rings is 1. The van der Waals surface area contributed by atoms with Crippen LogP contribution in [0.25, 0.3) is 0 Å². The molecule has 3 heterocycles. The molecule has 3 atom stereocenters. The molecule has 21 heavy (non-hydrogen) atoms. The minimum Gasteiger partial charge on any atom is -0.354 e. The van der Waals surface area contributed by atoms with Crippen molar-refractivity contribution in [1.29, 1.82) is 0 Å². The molecule has 1 amide bonds. The summed E-state index contributed by atoms with van der Waals surface area (Å²) >= 11 is 0. The predicted molar refractivity (Wildman–Crippen MR) is 85.2 cm³/mol. The summed E-state index contributed by atoms with van der Waals surface area (Å²) in [5.41, 5.74) is -0.265. The van der Waals surface area contributed by atoms with Gasteiger partial charge in [-0.25, -0.2) is 0 Å². The van der Waals surface area contributed by atoms with Gasteiger partial charge in [0.1, 0.15) is 0 Å².